The Morgan fingerprint density at radius 2 is 2.36 bits per heavy atom. The van der Waals surface area contributed by atoms with E-state index in [1.165, 1.54) is 7.11 Å². The Labute approximate surface area is 83.9 Å². The predicted octanol–water partition coefficient (Wildman–Crippen LogP) is 1.32. The molecule has 1 aromatic heterocycles. The smallest absolute Gasteiger partial charge is 0.396 e. The first kappa shape index (κ1) is 9.23. The quantitative estimate of drug-likeness (QED) is 0.813. The first-order valence-corrected chi connectivity index (χ1v) is 4.87. The zero-order valence-electron chi connectivity index (χ0n) is 7.57. The molecule has 2 rings (SSSR count). The van der Waals surface area contributed by atoms with E-state index in [2.05, 4.69) is 0 Å². The van der Waals surface area contributed by atoms with Crippen molar-refractivity contribution in [2.24, 2.45) is 5.73 Å². The minimum atomic E-state index is -0.326. The summed E-state index contributed by atoms with van der Waals surface area (Å²) < 4.78 is 10.9. The van der Waals surface area contributed by atoms with Crippen LogP contribution in [0.25, 0.3) is 10.3 Å². The van der Waals surface area contributed by atoms with E-state index in [9.17, 15) is 4.79 Å². The maximum atomic E-state index is 11.0. The molecular formula is C9H9NO3S. The molecule has 2 aromatic rings. The zero-order chi connectivity index (χ0) is 10.1. The highest BCUT2D eigenvalue weighted by Gasteiger charge is 2.09. The van der Waals surface area contributed by atoms with E-state index >= 15 is 0 Å². The summed E-state index contributed by atoms with van der Waals surface area (Å²) >= 11 is 1.05. The van der Waals surface area contributed by atoms with Crippen LogP contribution in [0.15, 0.2) is 21.3 Å². The third kappa shape index (κ3) is 1.40. The van der Waals surface area contributed by atoms with Crippen molar-refractivity contribution in [2.45, 2.75) is 6.54 Å². The fourth-order valence-corrected chi connectivity index (χ4v) is 2.02. The van der Waals surface area contributed by atoms with Gasteiger partial charge in [0.1, 0.15) is 0 Å². The Morgan fingerprint density at radius 1 is 1.57 bits per heavy atom. The molecule has 0 saturated heterocycles. The normalized spacial score (nSPS) is 10.7. The van der Waals surface area contributed by atoms with Crippen molar-refractivity contribution >= 4 is 21.6 Å². The van der Waals surface area contributed by atoms with Crippen LogP contribution in [0.5, 0.6) is 5.75 Å². The molecule has 0 unspecified atom stereocenters. The Bertz CT molecular complexity index is 514. The maximum absolute atomic E-state index is 11.0. The molecule has 74 valence electrons. The van der Waals surface area contributed by atoms with Gasteiger partial charge in [-0.25, -0.2) is 4.79 Å². The van der Waals surface area contributed by atoms with Gasteiger partial charge in [-0.2, -0.15) is 0 Å². The van der Waals surface area contributed by atoms with Gasteiger partial charge in [-0.1, -0.05) is 11.3 Å². The van der Waals surface area contributed by atoms with Crippen molar-refractivity contribution in [3.8, 4) is 5.75 Å². The number of nitrogens with two attached hydrogens (primary N) is 1. The summed E-state index contributed by atoms with van der Waals surface area (Å²) in [7, 11) is 1.53. The molecule has 0 aliphatic heterocycles. The number of rotatable bonds is 2. The highest BCUT2D eigenvalue weighted by atomic mass is 32.1. The molecular weight excluding hydrogens is 202 g/mol. The van der Waals surface area contributed by atoms with Gasteiger partial charge in [0, 0.05) is 6.54 Å². The topological polar surface area (TPSA) is 65.5 Å². The lowest BCUT2D eigenvalue weighted by Gasteiger charge is -2.02. The van der Waals surface area contributed by atoms with Gasteiger partial charge >= 0.3 is 4.94 Å². The lowest BCUT2D eigenvalue weighted by molar-refractivity contribution is 0.408. The van der Waals surface area contributed by atoms with E-state index in [1.807, 2.05) is 6.07 Å². The summed E-state index contributed by atoms with van der Waals surface area (Å²) in [5.74, 6) is 0.557. The van der Waals surface area contributed by atoms with Gasteiger partial charge < -0.3 is 14.9 Å². The highest BCUT2D eigenvalue weighted by Crippen LogP contribution is 2.28. The van der Waals surface area contributed by atoms with Crippen molar-refractivity contribution in [1.29, 1.82) is 0 Å². The van der Waals surface area contributed by atoms with Crippen LogP contribution in [-0.4, -0.2) is 7.11 Å². The fourth-order valence-electron chi connectivity index (χ4n) is 1.27. The zero-order valence-corrected chi connectivity index (χ0v) is 8.39. The van der Waals surface area contributed by atoms with Crippen LogP contribution in [0, 0.1) is 0 Å². The van der Waals surface area contributed by atoms with Crippen LogP contribution >= 0.6 is 11.3 Å². The van der Waals surface area contributed by atoms with E-state index in [1.54, 1.807) is 6.07 Å². The van der Waals surface area contributed by atoms with E-state index in [0.29, 0.717) is 17.9 Å². The number of hydrogen-bond acceptors (Lipinski definition) is 5. The summed E-state index contributed by atoms with van der Waals surface area (Å²) in [5.41, 5.74) is 6.93. The molecule has 2 N–H and O–H groups in total. The monoisotopic (exact) mass is 211 g/mol. The third-order valence-electron chi connectivity index (χ3n) is 1.91. The lowest BCUT2D eigenvalue weighted by Crippen LogP contribution is -1.96. The summed E-state index contributed by atoms with van der Waals surface area (Å²) in [6.45, 7) is 0.415. The molecule has 0 saturated carbocycles. The van der Waals surface area contributed by atoms with Crippen LogP contribution in [0.2, 0.25) is 0 Å². The van der Waals surface area contributed by atoms with E-state index < -0.39 is 0 Å². The van der Waals surface area contributed by atoms with Gasteiger partial charge in [-0.05, 0) is 17.7 Å². The second-order valence-electron chi connectivity index (χ2n) is 2.78. The first-order chi connectivity index (χ1) is 6.74. The van der Waals surface area contributed by atoms with Crippen LogP contribution in [0.3, 0.4) is 0 Å². The molecule has 0 bridgehead atoms. The molecule has 0 spiro atoms. The van der Waals surface area contributed by atoms with Gasteiger partial charge in [0.15, 0.2) is 11.3 Å². The van der Waals surface area contributed by atoms with Gasteiger partial charge in [-0.15, -0.1) is 0 Å². The van der Waals surface area contributed by atoms with Gasteiger partial charge in [0.05, 0.1) is 11.8 Å². The molecule has 14 heavy (non-hydrogen) atoms. The molecule has 1 heterocycles. The molecule has 0 aliphatic carbocycles. The average Bonchev–Trinajstić information content (AvgIpc) is 2.56. The Kier molecular flexibility index (Phi) is 2.26. The molecule has 5 heteroatoms. The first-order valence-electron chi connectivity index (χ1n) is 4.05. The molecule has 1 aromatic carbocycles. The van der Waals surface area contributed by atoms with Crippen molar-refractivity contribution < 1.29 is 9.15 Å². The Morgan fingerprint density at radius 3 is 3.00 bits per heavy atom. The predicted molar refractivity (Wildman–Crippen MR) is 54.8 cm³/mol. The number of fused-ring (bicyclic) bond motifs is 1. The second-order valence-corrected chi connectivity index (χ2v) is 3.76. The Balaban J connectivity index is 2.79. The van der Waals surface area contributed by atoms with E-state index in [-0.39, 0.29) is 4.94 Å². The molecule has 0 aliphatic rings. The minimum absolute atomic E-state index is 0.326. The lowest BCUT2D eigenvalue weighted by atomic mass is 10.2. The molecule has 4 nitrogen and oxygen atoms in total. The Hall–Kier alpha value is -1.33. The fraction of sp³-hybridized carbons (Fsp3) is 0.222. The molecule has 0 atom stereocenters. The summed E-state index contributed by atoms with van der Waals surface area (Å²) in [4.78, 5) is 10.7. The average molecular weight is 211 g/mol. The van der Waals surface area contributed by atoms with Crippen LogP contribution < -0.4 is 15.4 Å². The summed E-state index contributed by atoms with van der Waals surface area (Å²) in [5, 5.41) is 0. The summed E-state index contributed by atoms with van der Waals surface area (Å²) in [6, 6.07) is 3.62. The maximum Gasteiger partial charge on any atom is 0.396 e. The highest BCUT2D eigenvalue weighted by molar-refractivity contribution is 7.16. The number of methoxy groups -OCH3 is 1. The van der Waals surface area contributed by atoms with Gasteiger partial charge in [0.2, 0.25) is 0 Å². The van der Waals surface area contributed by atoms with Crippen molar-refractivity contribution in [1.82, 2.24) is 0 Å². The largest absolute Gasteiger partial charge is 0.493 e. The van der Waals surface area contributed by atoms with Crippen molar-refractivity contribution in [3.63, 3.8) is 0 Å². The number of benzene rings is 1. The summed E-state index contributed by atoms with van der Waals surface area (Å²) in [6.07, 6.45) is 0. The molecule has 0 fully saturated rings. The second kappa shape index (κ2) is 3.43. The van der Waals surface area contributed by atoms with Gasteiger partial charge in [0.25, 0.3) is 0 Å². The third-order valence-corrected chi connectivity index (χ3v) is 2.69. The molecule has 0 amide bonds. The minimum Gasteiger partial charge on any atom is -0.493 e. The van der Waals surface area contributed by atoms with Crippen LogP contribution in [0.1, 0.15) is 5.56 Å². The van der Waals surface area contributed by atoms with Crippen LogP contribution in [-0.2, 0) is 6.54 Å². The van der Waals surface area contributed by atoms with E-state index in [4.69, 9.17) is 14.9 Å². The van der Waals surface area contributed by atoms with Crippen molar-refractivity contribution in [3.05, 3.63) is 27.4 Å². The SMILES string of the molecule is COc1cc(CN)cc2sc(=O)oc12. The van der Waals surface area contributed by atoms with E-state index in [0.717, 1.165) is 21.6 Å². The number of ether oxygens (including phenoxy) is 1. The van der Waals surface area contributed by atoms with Crippen LogP contribution in [0.4, 0.5) is 0 Å². The van der Waals surface area contributed by atoms with Gasteiger partial charge in [-0.3, -0.25) is 0 Å². The number of hydrogen-bond donors (Lipinski definition) is 1. The standard InChI is InChI=1S/C9H9NO3S/c1-12-6-2-5(4-10)3-7-8(6)13-9(11)14-7/h2-3H,4,10H2,1H3. The van der Waals surface area contributed by atoms with Crippen molar-refractivity contribution in [2.75, 3.05) is 7.11 Å². The molecule has 0 radical (unpaired) electrons.